The maximum atomic E-state index is 12.6. The van der Waals surface area contributed by atoms with Crippen LogP contribution in [-0.4, -0.2) is 27.1 Å². The molecule has 0 spiro atoms. The molecule has 0 aliphatic rings. The van der Waals surface area contributed by atoms with Gasteiger partial charge < -0.3 is 10.4 Å². The van der Waals surface area contributed by atoms with Crippen molar-refractivity contribution in [1.82, 2.24) is 14.7 Å². The highest BCUT2D eigenvalue weighted by Gasteiger charge is 2.15. The van der Waals surface area contributed by atoms with Gasteiger partial charge in [0.05, 0.1) is 17.4 Å². The summed E-state index contributed by atoms with van der Waals surface area (Å²) in [7, 11) is 1.89. The minimum Gasteiger partial charge on any atom is -0.393 e. The summed E-state index contributed by atoms with van der Waals surface area (Å²) in [6.07, 6.45) is 0.356. The summed E-state index contributed by atoms with van der Waals surface area (Å²) in [6, 6.07) is 9.62. The van der Waals surface area contributed by atoms with E-state index in [0.29, 0.717) is 19.5 Å². The molecule has 114 valence electrons. The fourth-order valence-corrected chi connectivity index (χ4v) is 2.35. The van der Waals surface area contributed by atoms with Crippen molar-refractivity contribution >= 4 is 0 Å². The molecule has 1 aromatic heterocycles. The quantitative estimate of drug-likeness (QED) is 0.789. The van der Waals surface area contributed by atoms with E-state index in [1.165, 1.54) is 0 Å². The molecule has 2 rings (SSSR count). The van der Waals surface area contributed by atoms with Gasteiger partial charge in [-0.05, 0) is 38.9 Å². The highest BCUT2D eigenvalue weighted by Crippen LogP contribution is 2.09. The summed E-state index contributed by atoms with van der Waals surface area (Å²) < 4.78 is 3.56. The van der Waals surface area contributed by atoms with Gasteiger partial charge in [0, 0.05) is 19.3 Å². The van der Waals surface area contributed by atoms with Crippen molar-refractivity contribution in [3.8, 4) is 5.69 Å². The van der Waals surface area contributed by atoms with Gasteiger partial charge in [0.25, 0.3) is 5.56 Å². The molecule has 5 nitrogen and oxygen atoms in total. The Morgan fingerprint density at radius 1 is 1.29 bits per heavy atom. The molecule has 5 heteroatoms. The van der Waals surface area contributed by atoms with Gasteiger partial charge in [-0.1, -0.05) is 18.2 Å². The van der Waals surface area contributed by atoms with Crippen LogP contribution in [0.25, 0.3) is 5.69 Å². The lowest BCUT2D eigenvalue weighted by Gasteiger charge is -2.07. The van der Waals surface area contributed by atoms with Crippen LogP contribution in [0.1, 0.15) is 24.6 Å². The molecule has 0 fully saturated rings. The number of rotatable bonds is 6. The topological polar surface area (TPSA) is 59.2 Å². The van der Waals surface area contributed by atoms with Crippen molar-refractivity contribution in [2.24, 2.45) is 7.05 Å². The molecule has 0 aliphatic carbocycles. The van der Waals surface area contributed by atoms with Crippen LogP contribution in [0.15, 0.2) is 35.1 Å². The van der Waals surface area contributed by atoms with E-state index in [4.69, 9.17) is 0 Å². The molecule has 0 saturated carbocycles. The number of para-hydroxylation sites is 1. The Labute approximate surface area is 124 Å². The smallest absolute Gasteiger partial charge is 0.276 e. The Kier molecular flexibility index (Phi) is 4.98. The first-order valence-corrected chi connectivity index (χ1v) is 7.24. The zero-order valence-electron chi connectivity index (χ0n) is 12.8. The third-order valence-electron chi connectivity index (χ3n) is 3.71. The number of aliphatic hydroxyl groups excluding tert-OH is 1. The number of hydrogen-bond donors (Lipinski definition) is 2. The van der Waals surface area contributed by atoms with Crippen LogP contribution in [0.4, 0.5) is 0 Å². The molecule has 2 N–H and O–H groups in total. The molecule has 0 saturated heterocycles. The van der Waals surface area contributed by atoms with Gasteiger partial charge in [-0.25, -0.2) is 4.68 Å². The Hall–Kier alpha value is -1.85. The molecule has 0 radical (unpaired) electrons. The van der Waals surface area contributed by atoms with E-state index >= 15 is 0 Å². The van der Waals surface area contributed by atoms with Crippen LogP contribution in [0.3, 0.4) is 0 Å². The fraction of sp³-hybridized carbons (Fsp3) is 0.438. The third kappa shape index (κ3) is 3.43. The molecule has 0 amide bonds. The van der Waals surface area contributed by atoms with Crippen LogP contribution in [-0.2, 0) is 13.6 Å². The predicted octanol–water partition coefficient (Wildman–Crippen LogP) is 1.34. The normalized spacial score (nSPS) is 12.6. The van der Waals surface area contributed by atoms with Crippen LogP contribution >= 0.6 is 0 Å². The van der Waals surface area contributed by atoms with Crippen molar-refractivity contribution in [3.63, 3.8) is 0 Å². The number of hydrogen-bond acceptors (Lipinski definition) is 3. The summed E-state index contributed by atoms with van der Waals surface area (Å²) in [5, 5.41) is 12.5. The number of nitrogens with one attached hydrogen (secondary N) is 1. The largest absolute Gasteiger partial charge is 0.393 e. The van der Waals surface area contributed by atoms with E-state index < -0.39 is 0 Å². The minimum absolute atomic E-state index is 0.00532. The molecular weight excluding hydrogens is 266 g/mol. The second-order valence-corrected chi connectivity index (χ2v) is 5.35. The van der Waals surface area contributed by atoms with Crippen LogP contribution in [0, 0.1) is 6.92 Å². The molecule has 1 atom stereocenters. The Bertz CT molecular complexity index is 642. The van der Waals surface area contributed by atoms with Gasteiger partial charge in [0.1, 0.15) is 0 Å². The number of nitrogens with zero attached hydrogens (tertiary/aromatic N) is 2. The maximum absolute atomic E-state index is 12.6. The van der Waals surface area contributed by atoms with E-state index in [-0.39, 0.29) is 11.7 Å². The van der Waals surface area contributed by atoms with Crippen LogP contribution < -0.4 is 10.9 Å². The van der Waals surface area contributed by atoms with E-state index in [1.54, 1.807) is 11.6 Å². The van der Waals surface area contributed by atoms with Crippen molar-refractivity contribution in [1.29, 1.82) is 0 Å². The lowest BCUT2D eigenvalue weighted by Crippen LogP contribution is -2.25. The Morgan fingerprint density at radius 3 is 2.57 bits per heavy atom. The zero-order valence-corrected chi connectivity index (χ0v) is 12.8. The molecular formula is C16H23N3O2. The highest BCUT2D eigenvalue weighted by atomic mass is 16.3. The van der Waals surface area contributed by atoms with Gasteiger partial charge in [-0.3, -0.25) is 9.48 Å². The maximum Gasteiger partial charge on any atom is 0.276 e. The summed E-state index contributed by atoms with van der Waals surface area (Å²) >= 11 is 0. The minimum atomic E-state index is -0.324. The number of benzene rings is 1. The first-order valence-electron chi connectivity index (χ1n) is 7.24. The average molecular weight is 289 g/mol. The van der Waals surface area contributed by atoms with E-state index in [0.717, 1.165) is 16.9 Å². The van der Waals surface area contributed by atoms with Crippen LogP contribution in [0.5, 0.6) is 0 Å². The van der Waals surface area contributed by atoms with Crippen molar-refractivity contribution in [2.75, 3.05) is 6.54 Å². The van der Waals surface area contributed by atoms with E-state index in [9.17, 15) is 9.90 Å². The van der Waals surface area contributed by atoms with Gasteiger partial charge in [-0.2, -0.15) is 0 Å². The van der Waals surface area contributed by atoms with E-state index in [2.05, 4.69) is 5.32 Å². The standard InChI is InChI=1S/C16H23N3O2/c1-12(20)9-10-17-11-15-13(2)18(3)19(16(15)21)14-7-5-4-6-8-14/h4-8,12,17,20H,9-11H2,1-3H3. The first kappa shape index (κ1) is 15.5. The first-order chi connectivity index (χ1) is 10.0. The second-order valence-electron chi connectivity index (χ2n) is 5.35. The summed E-state index contributed by atoms with van der Waals surface area (Å²) in [5.41, 5.74) is 2.59. The summed E-state index contributed by atoms with van der Waals surface area (Å²) in [6.45, 7) is 4.92. The SMILES string of the molecule is Cc1c(CNCCC(C)O)c(=O)n(-c2ccccc2)n1C. The van der Waals surface area contributed by atoms with Gasteiger partial charge in [0.2, 0.25) is 0 Å². The number of aromatic nitrogens is 2. The third-order valence-corrected chi connectivity index (χ3v) is 3.71. The lowest BCUT2D eigenvalue weighted by atomic mass is 10.2. The molecule has 1 aromatic carbocycles. The Morgan fingerprint density at radius 2 is 1.95 bits per heavy atom. The molecule has 0 aliphatic heterocycles. The predicted molar refractivity (Wildman–Crippen MR) is 83.8 cm³/mol. The van der Waals surface area contributed by atoms with E-state index in [1.807, 2.05) is 49.0 Å². The van der Waals surface area contributed by atoms with Crippen LogP contribution in [0.2, 0.25) is 0 Å². The summed E-state index contributed by atoms with van der Waals surface area (Å²) in [4.78, 5) is 12.6. The summed E-state index contributed by atoms with van der Waals surface area (Å²) in [5.74, 6) is 0. The lowest BCUT2D eigenvalue weighted by molar-refractivity contribution is 0.183. The molecule has 21 heavy (non-hydrogen) atoms. The van der Waals surface area contributed by atoms with Crippen molar-refractivity contribution < 1.29 is 5.11 Å². The monoisotopic (exact) mass is 289 g/mol. The van der Waals surface area contributed by atoms with Crippen molar-refractivity contribution in [3.05, 3.63) is 51.9 Å². The molecule has 0 bridgehead atoms. The molecule has 2 aromatic rings. The highest BCUT2D eigenvalue weighted by molar-refractivity contribution is 5.33. The average Bonchev–Trinajstić information content (AvgIpc) is 2.67. The van der Waals surface area contributed by atoms with Gasteiger partial charge in [0.15, 0.2) is 0 Å². The Balaban J connectivity index is 2.23. The second kappa shape index (κ2) is 6.74. The molecule has 1 unspecified atom stereocenters. The van der Waals surface area contributed by atoms with Gasteiger partial charge in [-0.15, -0.1) is 0 Å². The van der Waals surface area contributed by atoms with Crippen molar-refractivity contribution in [2.45, 2.75) is 32.9 Å². The zero-order chi connectivity index (χ0) is 15.4. The van der Waals surface area contributed by atoms with Gasteiger partial charge >= 0.3 is 0 Å². The molecule has 1 heterocycles. The fourth-order valence-electron chi connectivity index (χ4n) is 2.35. The number of aliphatic hydroxyl groups is 1.